The summed E-state index contributed by atoms with van der Waals surface area (Å²) in [4.78, 5) is 24.4. The van der Waals surface area contributed by atoms with Crippen molar-refractivity contribution in [3.8, 4) is 0 Å². The second kappa shape index (κ2) is 7.21. The number of carbonyl (C=O) groups is 2. The molecular formula is C16H12Cl3NO3. The standard InChI is InChI=1S/C16H12Cl3NO3/c1-8(15(21)9-2-4-10(17)5-3-9)23-16(22)12-6-11(18)7-13(19)14(12)20/h2-8H,20H2,1H3. The molecule has 7 heteroatoms. The molecule has 23 heavy (non-hydrogen) atoms. The van der Waals surface area contributed by atoms with E-state index in [0.717, 1.165) is 0 Å². The van der Waals surface area contributed by atoms with Gasteiger partial charge >= 0.3 is 5.97 Å². The summed E-state index contributed by atoms with van der Waals surface area (Å²) in [7, 11) is 0. The van der Waals surface area contributed by atoms with E-state index in [0.29, 0.717) is 10.6 Å². The molecule has 0 aromatic heterocycles. The summed E-state index contributed by atoms with van der Waals surface area (Å²) in [6.45, 7) is 1.47. The Morgan fingerprint density at radius 3 is 2.26 bits per heavy atom. The second-order valence-electron chi connectivity index (χ2n) is 4.77. The maximum Gasteiger partial charge on any atom is 0.341 e. The van der Waals surface area contributed by atoms with Gasteiger partial charge in [0, 0.05) is 15.6 Å². The highest BCUT2D eigenvalue weighted by Gasteiger charge is 2.22. The molecule has 0 fully saturated rings. The van der Waals surface area contributed by atoms with Crippen LogP contribution in [0.15, 0.2) is 36.4 Å². The highest BCUT2D eigenvalue weighted by molar-refractivity contribution is 6.37. The molecule has 2 N–H and O–H groups in total. The van der Waals surface area contributed by atoms with Crippen LogP contribution in [0.1, 0.15) is 27.6 Å². The summed E-state index contributed by atoms with van der Waals surface area (Å²) in [5.74, 6) is -1.14. The SMILES string of the molecule is CC(OC(=O)c1cc(Cl)cc(Cl)c1N)C(=O)c1ccc(Cl)cc1. The smallest absolute Gasteiger partial charge is 0.341 e. The van der Waals surface area contributed by atoms with Crippen LogP contribution in [0.25, 0.3) is 0 Å². The fraction of sp³-hybridized carbons (Fsp3) is 0.125. The number of hydrogen-bond donors (Lipinski definition) is 1. The van der Waals surface area contributed by atoms with Crippen molar-refractivity contribution in [2.75, 3.05) is 5.73 Å². The van der Waals surface area contributed by atoms with Crippen molar-refractivity contribution in [1.29, 1.82) is 0 Å². The molecule has 2 aromatic carbocycles. The van der Waals surface area contributed by atoms with Gasteiger partial charge in [-0.25, -0.2) is 4.79 Å². The van der Waals surface area contributed by atoms with Gasteiger partial charge in [0.15, 0.2) is 6.10 Å². The van der Waals surface area contributed by atoms with Crippen LogP contribution in [0, 0.1) is 0 Å². The number of halogens is 3. The summed E-state index contributed by atoms with van der Waals surface area (Å²) >= 11 is 17.5. The number of rotatable bonds is 4. The van der Waals surface area contributed by atoms with Gasteiger partial charge in [-0.15, -0.1) is 0 Å². The number of anilines is 1. The van der Waals surface area contributed by atoms with Gasteiger partial charge in [0.1, 0.15) is 0 Å². The zero-order valence-corrected chi connectivity index (χ0v) is 14.2. The molecule has 0 aliphatic rings. The Labute approximate surface area is 148 Å². The predicted octanol–water partition coefficient (Wildman–Crippen LogP) is 4.66. The van der Waals surface area contributed by atoms with Crippen molar-refractivity contribution in [2.24, 2.45) is 0 Å². The molecule has 0 saturated carbocycles. The second-order valence-corrected chi connectivity index (χ2v) is 6.05. The first-order chi connectivity index (χ1) is 10.8. The normalized spacial score (nSPS) is 11.8. The summed E-state index contributed by atoms with van der Waals surface area (Å²) in [5, 5.41) is 0.890. The molecule has 0 aliphatic heterocycles. The van der Waals surface area contributed by atoms with E-state index in [4.69, 9.17) is 45.3 Å². The van der Waals surface area contributed by atoms with E-state index >= 15 is 0 Å². The van der Waals surface area contributed by atoms with Crippen LogP contribution < -0.4 is 5.73 Å². The first-order valence-corrected chi connectivity index (χ1v) is 7.68. The zero-order valence-electron chi connectivity index (χ0n) is 12.0. The quantitative estimate of drug-likeness (QED) is 0.481. The van der Waals surface area contributed by atoms with Crippen molar-refractivity contribution in [3.63, 3.8) is 0 Å². The lowest BCUT2D eigenvalue weighted by molar-refractivity contribution is 0.0320. The summed E-state index contributed by atoms with van der Waals surface area (Å²) < 4.78 is 5.15. The number of ether oxygens (including phenoxy) is 1. The van der Waals surface area contributed by atoms with Gasteiger partial charge in [-0.1, -0.05) is 34.8 Å². The number of nitrogen functional groups attached to an aromatic ring is 1. The lowest BCUT2D eigenvalue weighted by Gasteiger charge is -2.14. The van der Waals surface area contributed by atoms with E-state index in [-0.39, 0.29) is 27.1 Å². The monoisotopic (exact) mass is 371 g/mol. The van der Waals surface area contributed by atoms with E-state index in [1.807, 2.05) is 0 Å². The molecule has 2 aromatic rings. The molecule has 0 bridgehead atoms. The Morgan fingerprint density at radius 1 is 1.04 bits per heavy atom. The number of Topliss-reactive ketones (excluding diaryl/α,β-unsaturated/α-hetero) is 1. The Bertz CT molecular complexity index is 760. The van der Waals surface area contributed by atoms with Crippen molar-refractivity contribution in [2.45, 2.75) is 13.0 Å². The molecule has 120 valence electrons. The van der Waals surface area contributed by atoms with Crippen molar-refractivity contribution in [1.82, 2.24) is 0 Å². The first kappa shape index (κ1) is 17.6. The van der Waals surface area contributed by atoms with Gasteiger partial charge in [-0.2, -0.15) is 0 Å². The molecule has 1 unspecified atom stereocenters. The van der Waals surface area contributed by atoms with Crippen molar-refractivity contribution >= 4 is 52.2 Å². The van der Waals surface area contributed by atoms with Crippen molar-refractivity contribution < 1.29 is 14.3 Å². The maximum atomic E-state index is 12.2. The number of nitrogens with two attached hydrogens (primary N) is 1. The third kappa shape index (κ3) is 4.16. The zero-order chi connectivity index (χ0) is 17.1. The molecule has 0 aliphatic carbocycles. The van der Waals surface area contributed by atoms with Gasteiger partial charge in [-0.3, -0.25) is 4.79 Å². The van der Waals surface area contributed by atoms with Crippen LogP contribution in [-0.2, 0) is 4.74 Å². The number of ketones is 1. The van der Waals surface area contributed by atoms with Crippen LogP contribution in [0.3, 0.4) is 0 Å². The average Bonchev–Trinajstić information content (AvgIpc) is 2.50. The molecule has 0 radical (unpaired) electrons. The van der Waals surface area contributed by atoms with Crippen LogP contribution in [0.5, 0.6) is 0 Å². The first-order valence-electron chi connectivity index (χ1n) is 6.55. The minimum Gasteiger partial charge on any atom is -0.451 e. The molecule has 0 spiro atoms. The molecular weight excluding hydrogens is 361 g/mol. The van der Waals surface area contributed by atoms with Crippen LogP contribution in [0.2, 0.25) is 15.1 Å². The minimum atomic E-state index is -0.999. The van der Waals surface area contributed by atoms with Gasteiger partial charge in [-0.05, 0) is 43.3 Å². The molecule has 0 heterocycles. The molecule has 1 atom stereocenters. The Morgan fingerprint density at radius 2 is 1.65 bits per heavy atom. The summed E-state index contributed by atoms with van der Waals surface area (Å²) in [5.41, 5.74) is 6.18. The van der Waals surface area contributed by atoms with Gasteiger partial charge < -0.3 is 10.5 Å². The van der Waals surface area contributed by atoms with Crippen LogP contribution >= 0.6 is 34.8 Å². The van der Waals surface area contributed by atoms with Gasteiger partial charge in [0.05, 0.1) is 16.3 Å². The molecule has 0 amide bonds. The molecule has 4 nitrogen and oxygen atoms in total. The number of hydrogen-bond acceptors (Lipinski definition) is 4. The number of benzene rings is 2. The highest BCUT2D eigenvalue weighted by atomic mass is 35.5. The average molecular weight is 373 g/mol. The Kier molecular flexibility index (Phi) is 5.52. The largest absolute Gasteiger partial charge is 0.451 e. The van der Waals surface area contributed by atoms with E-state index in [1.165, 1.54) is 19.1 Å². The third-order valence-corrected chi connectivity index (χ3v) is 3.88. The molecule has 2 rings (SSSR count). The number of carbonyl (C=O) groups excluding carboxylic acids is 2. The molecule has 0 saturated heterocycles. The Balaban J connectivity index is 2.16. The van der Waals surface area contributed by atoms with Crippen molar-refractivity contribution in [3.05, 3.63) is 62.6 Å². The summed E-state index contributed by atoms with van der Waals surface area (Å²) in [6, 6.07) is 9.03. The van der Waals surface area contributed by atoms with Gasteiger partial charge in [0.25, 0.3) is 0 Å². The maximum absolute atomic E-state index is 12.2. The van der Waals surface area contributed by atoms with E-state index in [1.54, 1.807) is 24.3 Å². The van der Waals surface area contributed by atoms with Gasteiger partial charge in [0.2, 0.25) is 5.78 Å². The van der Waals surface area contributed by atoms with E-state index in [9.17, 15) is 9.59 Å². The van der Waals surface area contributed by atoms with Crippen LogP contribution in [0.4, 0.5) is 5.69 Å². The predicted molar refractivity (Wildman–Crippen MR) is 91.5 cm³/mol. The summed E-state index contributed by atoms with van der Waals surface area (Å²) in [6.07, 6.45) is -0.999. The van der Waals surface area contributed by atoms with E-state index in [2.05, 4.69) is 0 Å². The van der Waals surface area contributed by atoms with E-state index < -0.39 is 12.1 Å². The number of esters is 1. The van der Waals surface area contributed by atoms with Crippen LogP contribution in [-0.4, -0.2) is 17.9 Å². The Hall–Kier alpha value is -1.75. The minimum absolute atomic E-state index is 0.0123. The highest BCUT2D eigenvalue weighted by Crippen LogP contribution is 2.28. The fourth-order valence-electron chi connectivity index (χ4n) is 1.88. The lowest BCUT2D eigenvalue weighted by atomic mass is 10.1. The fourth-order valence-corrected chi connectivity index (χ4v) is 2.50. The topological polar surface area (TPSA) is 69.4 Å². The lowest BCUT2D eigenvalue weighted by Crippen LogP contribution is -2.25. The third-order valence-electron chi connectivity index (χ3n) is 3.10.